The van der Waals surface area contributed by atoms with Crippen molar-refractivity contribution in [2.45, 2.75) is 38.6 Å². The monoisotopic (exact) mass is 258 g/mol. The van der Waals surface area contributed by atoms with E-state index < -0.39 is 0 Å². The van der Waals surface area contributed by atoms with Crippen LogP contribution in [0.1, 0.15) is 32.6 Å². The molecule has 1 aliphatic heterocycles. The molecular formula is C14H30N2O2. The highest BCUT2D eigenvalue weighted by Crippen LogP contribution is 2.10. The van der Waals surface area contributed by atoms with Gasteiger partial charge in [0.15, 0.2) is 0 Å². The number of rotatable bonds is 10. The molecule has 1 unspecified atom stereocenters. The van der Waals surface area contributed by atoms with Gasteiger partial charge in [-0.1, -0.05) is 6.92 Å². The first-order chi connectivity index (χ1) is 8.86. The van der Waals surface area contributed by atoms with Crippen LogP contribution in [-0.4, -0.2) is 64.1 Å². The second-order valence-electron chi connectivity index (χ2n) is 5.01. The number of likely N-dealkylation sites (tertiary alicyclic amines) is 1. The van der Waals surface area contributed by atoms with Gasteiger partial charge in [-0.3, -0.25) is 0 Å². The average molecular weight is 258 g/mol. The van der Waals surface area contributed by atoms with Crippen molar-refractivity contribution in [1.29, 1.82) is 0 Å². The van der Waals surface area contributed by atoms with E-state index in [9.17, 15) is 0 Å². The van der Waals surface area contributed by atoms with E-state index in [4.69, 9.17) is 9.47 Å². The van der Waals surface area contributed by atoms with Crippen molar-refractivity contribution >= 4 is 0 Å². The summed E-state index contributed by atoms with van der Waals surface area (Å²) in [6, 6.07) is 0.710. The summed E-state index contributed by atoms with van der Waals surface area (Å²) in [5.41, 5.74) is 0. The number of nitrogens with one attached hydrogen (secondary N) is 1. The zero-order valence-corrected chi connectivity index (χ0v) is 12.1. The molecule has 1 N–H and O–H groups in total. The molecule has 4 heteroatoms. The molecule has 4 nitrogen and oxygen atoms in total. The minimum atomic E-state index is 0.705. The molecule has 1 rings (SSSR count). The summed E-state index contributed by atoms with van der Waals surface area (Å²) in [7, 11) is 1.71. The second-order valence-corrected chi connectivity index (χ2v) is 5.01. The molecule has 1 atom stereocenters. The fourth-order valence-electron chi connectivity index (χ4n) is 2.50. The summed E-state index contributed by atoms with van der Waals surface area (Å²) in [5, 5.41) is 3.56. The molecule has 108 valence electrons. The maximum absolute atomic E-state index is 5.47. The Kier molecular flexibility index (Phi) is 9.48. The fraction of sp³-hybridized carbons (Fsp3) is 1.00. The predicted octanol–water partition coefficient (Wildman–Crippen LogP) is 1.50. The van der Waals surface area contributed by atoms with Crippen molar-refractivity contribution < 1.29 is 9.47 Å². The third-order valence-corrected chi connectivity index (χ3v) is 3.44. The van der Waals surface area contributed by atoms with Crippen molar-refractivity contribution in [2.75, 3.05) is 53.1 Å². The second kappa shape index (κ2) is 10.7. The number of unbranched alkanes of at least 4 members (excludes halogenated alkanes) is 1. The molecule has 0 aliphatic carbocycles. The fourth-order valence-corrected chi connectivity index (χ4v) is 2.50. The van der Waals surface area contributed by atoms with E-state index in [1.807, 2.05) is 0 Å². The van der Waals surface area contributed by atoms with Gasteiger partial charge in [-0.05, 0) is 45.3 Å². The molecule has 1 fully saturated rings. The maximum atomic E-state index is 5.47. The van der Waals surface area contributed by atoms with Crippen LogP contribution in [0.4, 0.5) is 0 Å². The third kappa shape index (κ3) is 7.31. The smallest absolute Gasteiger partial charge is 0.0700 e. The Morgan fingerprint density at radius 3 is 2.89 bits per heavy atom. The van der Waals surface area contributed by atoms with E-state index in [-0.39, 0.29) is 0 Å². The molecular weight excluding hydrogens is 228 g/mol. The lowest BCUT2D eigenvalue weighted by atomic mass is 10.1. The third-order valence-electron chi connectivity index (χ3n) is 3.44. The van der Waals surface area contributed by atoms with Crippen molar-refractivity contribution in [3.05, 3.63) is 0 Å². The number of methoxy groups -OCH3 is 1. The normalized spacial score (nSPS) is 21.3. The minimum absolute atomic E-state index is 0.705. The number of likely N-dealkylation sites (N-methyl/N-ethyl adjacent to an activating group) is 1. The van der Waals surface area contributed by atoms with Crippen LogP contribution in [0.25, 0.3) is 0 Å². The number of hydrogen-bond acceptors (Lipinski definition) is 4. The first-order valence-corrected chi connectivity index (χ1v) is 7.39. The lowest BCUT2D eigenvalue weighted by Crippen LogP contribution is -2.45. The Labute approximate surface area is 112 Å². The van der Waals surface area contributed by atoms with Crippen LogP contribution in [0.2, 0.25) is 0 Å². The van der Waals surface area contributed by atoms with E-state index in [1.165, 1.54) is 38.9 Å². The van der Waals surface area contributed by atoms with Gasteiger partial charge >= 0.3 is 0 Å². The van der Waals surface area contributed by atoms with Crippen molar-refractivity contribution in [3.8, 4) is 0 Å². The van der Waals surface area contributed by atoms with Gasteiger partial charge in [-0.15, -0.1) is 0 Å². The van der Waals surface area contributed by atoms with Gasteiger partial charge in [-0.2, -0.15) is 0 Å². The number of ether oxygens (including phenoxy) is 2. The molecule has 0 spiro atoms. The molecule has 18 heavy (non-hydrogen) atoms. The Bertz CT molecular complexity index is 189. The summed E-state index contributed by atoms with van der Waals surface area (Å²) >= 11 is 0. The topological polar surface area (TPSA) is 33.7 Å². The SMILES string of the molecule is CCNC1CCCN(CCCCOCCOC)C1. The zero-order valence-electron chi connectivity index (χ0n) is 12.1. The van der Waals surface area contributed by atoms with Crippen molar-refractivity contribution in [2.24, 2.45) is 0 Å². The van der Waals surface area contributed by atoms with Crippen LogP contribution in [0.5, 0.6) is 0 Å². The Balaban J connectivity index is 1.94. The zero-order chi connectivity index (χ0) is 13.1. The number of nitrogens with zero attached hydrogens (tertiary/aromatic N) is 1. The largest absolute Gasteiger partial charge is 0.382 e. The molecule has 0 bridgehead atoms. The van der Waals surface area contributed by atoms with Gasteiger partial charge in [0.25, 0.3) is 0 Å². The highest BCUT2D eigenvalue weighted by Gasteiger charge is 2.17. The van der Waals surface area contributed by atoms with Gasteiger partial charge in [-0.25, -0.2) is 0 Å². The average Bonchev–Trinajstić information content (AvgIpc) is 2.39. The molecule has 1 saturated heterocycles. The van der Waals surface area contributed by atoms with Gasteiger partial charge in [0, 0.05) is 26.3 Å². The van der Waals surface area contributed by atoms with Crippen LogP contribution in [-0.2, 0) is 9.47 Å². The minimum Gasteiger partial charge on any atom is -0.382 e. The standard InChI is InChI=1S/C14H30N2O2/c1-3-15-14-7-6-9-16(13-14)8-4-5-10-18-12-11-17-2/h14-15H,3-13H2,1-2H3. The molecule has 0 aromatic rings. The van der Waals surface area contributed by atoms with E-state index >= 15 is 0 Å². The highest BCUT2D eigenvalue weighted by molar-refractivity contribution is 4.77. The van der Waals surface area contributed by atoms with Gasteiger partial charge in [0.1, 0.15) is 0 Å². The van der Waals surface area contributed by atoms with E-state index in [0.29, 0.717) is 12.6 Å². The lowest BCUT2D eigenvalue weighted by molar-refractivity contribution is 0.0670. The number of piperidine rings is 1. The summed E-state index contributed by atoms with van der Waals surface area (Å²) in [6.45, 7) is 9.29. The summed E-state index contributed by atoms with van der Waals surface area (Å²) < 4.78 is 10.4. The molecule has 1 aliphatic rings. The summed E-state index contributed by atoms with van der Waals surface area (Å²) in [4.78, 5) is 2.59. The van der Waals surface area contributed by atoms with Gasteiger partial charge < -0.3 is 19.7 Å². The van der Waals surface area contributed by atoms with Crippen LogP contribution in [0.15, 0.2) is 0 Å². The Morgan fingerprint density at radius 1 is 1.22 bits per heavy atom. The predicted molar refractivity (Wildman–Crippen MR) is 75.1 cm³/mol. The van der Waals surface area contributed by atoms with Crippen molar-refractivity contribution in [3.63, 3.8) is 0 Å². The van der Waals surface area contributed by atoms with Crippen LogP contribution >= 0.6 is 0 Å². The molecule has 0 saturated carbocycles. The van der Waals surface area contributed by atoms with E-state index in [0.717, 1.165) is 26.2 Å². The van der Waals surface area contributed by atoms with Crippen LogP contribution in [0, 0.1) is 0 Å². The van der Waals surface area contributed by atoms with Crippen LogP contribution in [0.3, 0.4) is 0 Å². The summed E-state index contributed by atoms with van der Waals surface area (Å²) in [6.07, 6.45) is 5.07. The molecule has 0 amide bonds. The molecule has 0 aromatic heterocycles. The first-order valence-electron chi connectivity index (χ1n) is 7.39. The van der Waals surface area contributed by atoms with E-state index in [2.05, 4.69) is 17.1 Å². The number of hydrogen-bond donors (Lipinski definition) is 1. The van der Waals surface area contributed by atoms with Crippen molar-refractivity contribution in [1.82, 2.24) is 10.2 Å². The summed E-state index contributed by atoms with van der Waals surface area (Å²) in [5.74, 6) is 0. The Hall–Kier alpha value is -0.160. The van der Waals surface area contributed by atoms with E-state index in [1.54, 1.807) is 7.11 Å². The van der Waals surface area contributed by atoms with Gasteiger partial charge in [0.05, 0.1) is 13.2 Å². The molecule has 0 aromatic carbocycles. The first kappa shape index (κ1) is 15.9. The molecule has 0 radical (unpaired) electrons. The highest BCUT2D eigenvalue weighted by atomic mass is 16.5. The van der Waals surface area contributed by atoms with Crippen LogP contribution < -0.4 is 5.32 Å². The van der Waals surface area contributed by atoms with Gasteiger partial charge in [0.2, 0.25) is 0 Å². The quantitative estimate of drug-likeness (QED) is 0.602. The molecule has 1 heterocycles. The Morgan fingerprint density at radius 2 is 2.11 bits per heavy atom. The maximum Gasteiger partial charge on any atom is 0.0700 e. The lowest BCUT2D eigenvalue weighted by Gasteiger charge is -2.33.